The maximum atomic E-state index is 12.7. The van der Waals surface area contributed by atoms with E-state index in [4.69, 9.17) is 20.9 Å². The molecule has 0 bridgehead atoms. The molecule has 150 valence electrons. The minimum absolute atomic E-state index is 0.110. The summed E-state index contributed by atoms with van der Waals surface area (Å²) in [4.78, 5) is 20.9. The zero-order valence-electron chi connectivity index (χ0n) is 15.8. The number of aromatic nitrogens is 2. The van der Waals surface area contributed by atoms with Gasteiger partial charge in [0.05, 0.1) is 0 Å². The topological polar surface area (TPSA) is 71.7 Å². The van der Waals surface area contributed by atoms with Gasteiger partial charge in [0, 0.05) is 61.8 Å². The summed E-state index contributed by atoms with van der Waals surface area (Å²) in [6.45, 7) is 4.28. The highest BCUT2D eigenvalue weighted by Crippen LogP contribution is 2.20. The normalized spacial score (nSPS) is 14.7. The molecule has 0 atom stereocenters. The summed E-state index contributed by atoms with van der Waals surface area (Å²) in [5, 5.41) is 4.63. The molecule has 0 spiro atoms. The fourth-order valence-corrected chi connectivity index (χ4v) is 3.31. The smallest absolute Gasteiger partial charge is 0.276 e. The molecule has 1 fully saturated rings. The summed E-state index contributed by atoms with van der Waals surface area (Å²) < 4.78 is 11.1. The molecule has 3 heterocycles. The Balaban J connectivity index is 1.24. The van der Waals surface area contributed by atoms with Gasteiger partial charge in [-0.25, -0.2) is 0 Å². The molecule has 1 saturated heterocycles. The molecule has 2 aromatic heterocycles. The average molecular weight is 413 g/mol. The van der Waals surface area contributed by atoms with Crippen LogP contribution < -0.4 is 4.74 Å². The molecule has 0 radical (unpaired) electrons. The molecule has 4 rings (SSSR count). The van der Waals surface area contributed by atoms with Crippen molar-refractivity contribution in [3.8, 4) is 17.1 Å². The van der Waals surface area contributed by atoms with Gasteiger partial charge in [-0.3, -0.25) is 14.7 Å². The van der Waals surface area contributed by atoms with Crippen LogP contribution in [-0.2, 0) is 0 Å². The highest BCUT2D eigenvalue weighted by molar-refractivity contribution is 6.30. The van der Waals surface area contributed by atoms with Gasteiger partial charge in [-0.15, -0.1) is 0 Å². The predicted octanol–water partition coefficient (Wildman–Crippen LogP) is 3.23. The van der Waals surface area contributed by atoms with Crippen LogP contribution >= 0.6 is 11.6 Å². The van der Waals surface area contributed by atoms with Gasteiger partial charge in [-0.2, -0.15) is 0 Å². The van der Waals surface area contributed by atoms with Crippen LogP contribution in [0, 0.1) is 0 Å². The van der Waals surface area contributed by atoms with E-state index >= 15 is 0 Å². The molecule has 0 aliphatic carbocycles. The van der Waals surface area contributed by atoms with Crippen molar-refractivity contribution < 1.29 is 14.1 Å². The first-order chi connectivity index (χ1) is 14.2. The second-order valence-electron chi connectivity index (χ2n) is 6.75. The average Bonchev–Trinajstić information content (AvgIpc) is 3.26. The van der Waals surface area contributed by atoms with Crippen LogP contribution in [0.3, 0.4) is 0 Å². The molecule has 1 aliphatic heterocycles. The van der Waals surface area contributed by atoms with Gasteiger partial charge in [0.25, 0.3) is 5.91 Å². The highest BCUT2D eigenvalue weighted by Gasteiger charge is 2.24. The van der Waals surface area contributed by atoms with Crippen LogP contribution in [0.1, 0.15) is 10.5 Å². The Morgan fingerprint density at radius 1 is 1.14 bits per heavy atom. The van der Waals surface area contributed by atoms with E-state index in [1.54, 1.807) is 23.4 Å². The van der Waals surface area contributed by atoms with E-state index in [0.717, 1.165) is 30.9 Å². The fourth-order valence-electron chi connectivity index (χ4n) is 3.18. The zero-order valence-corrected chi connectivity index (χ0v) is 16.6. The van der Waals surface area contributed by atoms with Gasteiger partial charge in [0.2, 0.25) is 0 Å². The fraction of sp³-hybridized carbons (Fsp3) is 0.286. The van der Waals surface area contributed by atoms with E-state index < -0.39 is 0 Å². The van der Waals surface area contributed by atoms with Crippen molar-refractivity contribution in [2.75, 3.05) is 39.3 Å². The standard InChI is InChI=1S/C21H21ClN4O3/c22-17-3-5-18(6-4-17)28-13-12-25-8-10-26(11-9-25)21(27)19-14-20(29-24-19)16-2-1-7-23-15-16/h1-7,14-15H,8-13H2. The van der Waals surface area contributed by atoms with Gasteiger partial charge in [0.1, 0.15) is 12.4 Å². The molecule has 1 amide bonds. The third kappa shape index (κ3) is 4.93. The number of rotatable bonds is 6. The molecule has 3 aromatic rings. The largest absolute Gasteiger partial charge is 0.492 e. The Kier molecular flexibility index (Phi) is 6.07. The zero-order chi connectivity index (χ0) is 20.1. The van der Waals surface area contributed by atoms with Crippen LogP contribution in [0.5, 0.6) is 5.75 Å². The molecule has 1 aromatic carbocycles. The van der Waals surface area contributed by atoms with E-state index in [0.29, 0.717) is 36.2 Å². The number of piperazine rings is 1. The third-order valence-electron chi connectivity index (χ3n) is 4.82. The number of hydrogen-bond donors (Lipinski definition) is 0. The molecule has 29 heavy (non-hydrogen) atoms. The minimum atomic E-state index is -0.110. The summed E-state index contributed by atoms with van der Waals surface area (Å²) in [5.41, 5.74) is 1.12. The van der Waals surface area contributed by atoms with E-state index in [9.17, 15) is 4.79 Å². The first-order valence-electron chi connectivity index (χ1n) is 9.46. The number of hydrogen-bond acceptors (Lipinski definition) is 6. The number of nitrogens with zero attached hydrogens (tertiary/aromatic N) is 4. The van der Waals surface area contributed by atoms with Crippen molar-refractivity contribution >= 4 is 17.5 Å². The van der Waals surface area contributed by atoms with Crippen LogP contribution in [0.2, 0.25) is 5.02 Å². The predicted molar refractivity (Wildman–Crippen MR) is 109 cm³/mol. The molecule has 8 heteroatoms. The molecule has 7 nitrogen and oxygen atoms in total. The van der Waals surface area contributed by atoms with E-state index in [1.807, 2.05) is 36.4 Å². The summed E-state index contributed by atoms with van der Waals surface area (Å²) in [7, 11) is 0. The van der Waals surface area contributed by atoms with Crippen molar-refractivity contribution in [2.24, 2.45) is 0 Å². The molecule has 0 unspecified atom stereocenters. The number of halogens is 1. The second kappa shape index (κ2) is 9.07. The van der Waals surface area contributed by atoms with Gasteiger partial charge in [-0.1, -0.05) is 16.8 Å². The van der Waals surface area contributed by atoms with Gasteiger partial charge >= 0.3 is 0 Å². The maximum Gasteiger partial charge on any atom is 0.276 e. The minimum Gasteiger partial charge on any atom is -0.492 e. The van der Waals surface area contributed by atoms with Crippen molar-refractivity contribution in [3.05, 3.63) is 65.6 Å². The van der Waals surface area contributed by atoms with E-state index in [2.05, 4.69) is 15.0 Å². The van der Waals surface area contributed by atoms with Crippen molar-refractivity contribution in [1.29, 1.82) is 0 Å². The lowest BCUT2D eigenvalue weighted by atomic mass is 10.2. The Bertz CT molecular complexity index is 938. The Labute approximate surface area is 173 Å². The number of amides is 1. The second-order valence-corrected chi connectivity index (χ2v) is 7.19. The highest BCUT2D eigenvalue weighted by atomic mass is 35.5. The lowest BCUT2D eigenvalue weighted by molar-refractivity contribution is 0.0610. The summed E-state index contributed by atoms with van der Waals surface area (Å²) >= 11 is 5.87. The van der Waals surface area contributed by atoms with Gasteiger partial charge in [-0.05, 0) is 36.4 Å². The summed E-state index contributed by atoms with van der Waals surface area (Å²) in [5.74, 6) is 1.24. The van der Waals surface area contributed by atoms with Gasteiger partial charge < -0.3 is 14.2 Å². The van der Waals surface area contributed by atoms with Crippen molar-refractivity contribution in [2.45, 2.75) is 0 Å². The van der Waals surface area contributed by atoms with E-state index in [-0.39, 0.29) is 5.91 Å². The molecule has 0 saturated carbocycles. The third-order valence-corrected chi connectivity index (χ3v) is 5.08. The summed E-state index contributed by atoms with van der Waals surface area (Å²) in [6, 6.07) is 12.7. The monoisotopic (exact) mass is 412 g/mol. The molecular weight excluding hydrogens is 392 g/mol. The first-order valence-corrected chi connectivity index (χ1v) is 9.84. The Hall–Kier alpha value is -2.90. The Morgan fingerprint density at radius 2 is 1.93 bits per heavy atom. The molecule has 1 aliphatic rings. The Morgan fingerprint density at radius 3 is 2.66 bits per heavy atom. The molecular formula is C21H21ClN4O3. The van der Waals surface area contributed by atoms with Crippen LogP contribution in [0.25, 0.3) is 11.3 Å². The van der Waals surface area contributed by atoms with Crippen molar-refractivity contribution in [3.63, 3.8) is 0 Å². The SMILES string of the molecule is O=C(c1cc(-c2cccnc2)on1)N1CCN(CCOc2ccc(Cl)cc2)CC1. The molecule has 0 N–H and O–H groups in total. The lowest BCUT2D eigenvalue weighted by Crippen LogP contribution is -2.49. The van der Waals surface area contributed by atoms with Gasteiger partial charge in [0.15, 0.2) is 11.5 Å². The van der Waals surface area contributed by atoms with E-state index in [1.165, 1.54) is 0 Å². The number of benzene rings is 1. The first kappa shape index (κ1) is 19.4. The van der Waals surface area contributed by atoms with Crippen LogP contribution in [-0.4, -0.2) is 65.2 Å². The summed E-state index contributed by atoms with van der Waals surface area (Å²) in [6.07, 6.45) is 3.37. The van der Waals surface area contributed by atoms with Crippen LogP contribution in [0.4, 0.5) is 0 Å². The quantitative estimate of drug-likeness (QED) is 0.619. The number of carbonyl (C=O) groups excluding carboxylic acids is 1. The van der Waals surface area contributed by atoms with Crippen molar-refractivity contribution in [1.82, 2.24) is 19.9 Å². The van der Waals surface area contributed by atoms with Crippen LogP contribution in [0.15, 0.2) is 59.4 Å². The number of ether oxygens (including phenoxy) is 1. The number of carbonyl (C=O) groups is 1. The number of pyridine rings is 1. The maximum absolute atomic E-state index is 12.7. The lowest BCUT2D eigenvalue weighted by Gasteiger charge is -2.34.